The number of nitrogens with zero attached hydrogens (tertiary/aromatic N) is 1. The zero-order valence-corrected chi connectivity index (χ0v) is 22.2. The van der Waals surface area contributed by atoms with Crippen LogP contribution in [0.3, 0.4) is 0 Å². The van der Waals surface area contributed by atoms with Gasteiger partial charge in [0.1, 0.15) is 36.9 Å². The maximum atomic E-state index is 10.3. The molecule has 0 saturated carbocycles. The lowest BCUT2D eigenvalue weighted by molar-refractivity contribution is 0.0641. The highest BCUT2D eigenvalue weighted by molar-refractivity contribution is 14.1. The smallest absolute Gasteiger partial charge is 0.132 e. The van der Waals surface area contributed by atoms with Crippen molar-refractivity contribution in [3.63, 3.8) is 0 Å². The molecule has 1 heterocycles. The second-order valence-electron chi connectivity index (χ2n) is 8.93. The lowest BCUT2D eigenvalue weighted by atomic mass is 9.78. The van der Waals surface area contributed by atoms with E-state index in [9.17, 15) is 10.2 Å². The van der Waals surface area contributed by atoms with Gasteiger partial charge >= 0.3 is 0 Å². The zero-order valence-electron chi connectivity index (χ0n) is 19.3. The highest BCUT2D eigenvalue weighted by Crippen LogP contribution is 2.35. The standard InChI is InChI=1S/C25H34ClIN2O4/c1-25(2,19-5-8-24(23(27)13-19)33-16-20(30)14-26)18-3-6-22(7-4-18)32-17-21(31)15-29-11-9-28-10-12-29/h3-8,13,20-21,28,30-31H,9-12,14-17H2,1-2H3/t20-,21-/m0/s1/i27-4. The number of benzene rings is 2. The van der Waals surface area contributed by atoms with Gasteiger partial charge < -0.3 is 25.0 Å². The van der Waals surface area contributed by atoms with E-state index < -0.39 is 12.2 Å². The molecule has 8 heteroatoms. The fourth-order valence-electron chi connectivity index (χ4n) is 3.81. The van der Waals surface area contributed by atoms with E-state index in [4.69, 9.17) is 21.1 Å². The Kier molecular flexibility index (Phi) is 10.1. The van der Waals surface area contributed by atoms with E-state index in [1.807, 2.05) is 18.2 Å². The van der Waals surface area contributed by atoms with E-state index >= 15 is 0 Å². The first-order valence-electron chi connectivity index (χ1n) is 11.3. The van der Waals surface area contributed by atoms with Crippen molar-refractivity contribution in [3.8, 4) is 11.5 Å². The molecule has 0 bridgehead atoms. The number of rotatable bonds is 11. The summed E-state index contributed by atoms with van der Waals surface area (Å²) in [5.74, 6) is 1.64. The number of nitrogens with one attached hydrogen (secondary N) is 1. The summed E-state index contributed by atoms with van der Waals surface area (Å²) >= 11 is 7.90. The molecule has 0 radical (unpaired) electrons. The molecule has 2 aromatic carbocycles. The molecule has 1 saturated heterocycles. The molecule has 0 unspecified atom stereocenters. The molecule has 0 amide bonds. The van der Waals surface area contributed by atoms with Crippen LogP contribution in [0.25, 0.3) is 0 Å². The van der Waals surface area contributed by atoms with Crippen LogP contribution in [0.1, 0.15) is 25.0 Å². The van der Waals surface area contributed by atoms with Gasteiger partial charge in [0.15, 0.2) is 0 Å². The van der Waals surface area contributed by atoms with Gasteiger partial charge in [-0.05, 0) is 58.0 Å². The van der Waals surface area contributed by atoms with Gasteiger partial charge in [0.05, 0.1) is 9.45 Å². The fraction of sp³-hybridized carbons (Fsp3) is 0.520. The number of aliphatic hydroxyl groups excluding tert-OH is 2. The number of alkyl halides is 1. The van der Waals surface area contributed by atoms with Crippen molar-refractivity contribution in [2.24, 2.45) is 0 Å². The molecule has 33 heavy (non-hydrogen) atoms. The molecule has 1 aliphatic heterocycles. The number of piperazine rings is 1. The summed E-state index contributed by atoms with van der Waals surface area (Å²) in [7, 11) is 0. The number of aliphatic hydroxyl groups is 2. The van der Waals surface area contributed by atoms with Gasteiger partial charge in [-0.3, -0.25) is 4.90 Å². The van der Waals surface area contributed by atoms with E-state index in [0.29, 0.717) is 6.54 Å². The Bertz CT molecular complexity index is 875. The summed E-state index contributed by atoms with van der Waals surface area (Å²) in [5.41, 5.74) is 2.12. The SMILES string of the molecule is CC(C)(c1ccc(OC[C@@H](O)CN2CCNCC2)cc1)c1ccc(OC[C@@H](O)CCl)c([123I])c1. The van der Waals surface area contributed by atoms with Gasteiger partial charge in [0.25, 0.3) is 0 Å². The van der Waals surface area contributed by atoms with Crippen LogP contribution in [-0.2, 0) is 5.41 Å². The van der Waals surface area contributed by atoms with Crippen LogP contribution in [-0.4, -0.2) is 79.1 Å². The van der Waals surface area contributed by atoms with Crippen LogP contribution in [0.5, 0.6) is 11.5 Å². The van der Waals surface area contributed by atoms with E-state index in [0.717, 1.165) is 46.8 Å². The molecule has 3 N–H and O–H groups in total. The van der Waals surface area contributed by atoms with Crippen molar-refractivity contribution in [2.75, 3.05) is 51.8 Å². The highest BCUT2D eigenvalue weighted by Gasteiger charge is 2.24. The Morgan fingerprint density at radius 1 is 1.00 bits per heavy atom. The van der Waals surface area contributed by atoms with Crippen molar-refractivity contribution in [1.29, 1.82) is 0 Å². The number of hydrogen-bond donors (Lipinski definition) is 3. The van der Waals surface area contributed by atoms with E-state index in [1.54, 1.807) is 0 Å². The Morgan fingerprint density at radius 2 is 1.64 bits per heavy atom. The summed E-state index contributed by atoms with van der Waals surface area (Å²) in [6, 6.07) is 14.2. The van der Waals surface area contributed by atoms with Crippen molar-refractivity contribution >= 4 is 34.2 Å². The summed E-state index contributed by atoms with van der Waals surface area (Å²) in [6.07, 6.45) is -1.19. The third kappa shape index (κ3) is 7.70. The summed E-state index contributed by atoms with van der Waals surface area (Å²) in [6.45, 7) is 9.32. The zero-order chi connectivity index (χ0) is 23.8. The average molecular weight is 585 g/mol. The quantitative estimate of drug-likeness (QED) is 0.278. The summed E-state index contributed by atoms with van der Waals surface area (Å²) in [4.78, 5) is 2.26. The van der Waals surface area contributed by atoms with Crippen LogP contribution >= 0.6 is 34.2 Å². The van der Waals surface area contributed by atoms with Crippen molar-refractivity contribution in [2.45, 2.75) is 31.5 Å². The predicted octanol–water partition coefficient (Wildman–Crippen LogP) is 3.24. The first kappa shape index (κ1) is 26.5. The number of ether oxygens (including phenoxy) is 2. The Balaban J connectivity index is 1.57. The molecular formula is C25H34ClIN2O4. The average Bonchev–Trinajstić information content (AvgIpc) is 2.82. The normalized spacial score (nSPS) is 16.9. The Morgan fingerprint density at radius 3 is 2.27 bits per heavy atom. The minimum atomic E-state index is -0.678. The third-order valence-corrected chi connectivity index (χ3v) is 7.16. The second kappa shape index (κ2) is 12.6. The lowest BCUT2D eigenvalue weighted by Crippen LogP contribution is -2.47. The molecule has 0 aromatic heterocycles. The monoisotopic (exact) mass is 584 g/mol. The van der Waals surface area contributed by atoms with Crippen LogP contribution < -0.4 is 14.8 Å². The third-order valence-electron chi connectivity index (χ3n) is 5.96. The van der Waals surface area contributed by atoms with Gasteiger partial charge in [-0.2, -0.15) is 0 Å². The Labute approximate surface area is 215 Å². The van der Waals surface area contributed by atoms with Crippen LogP contribution in [0.2, 0.25) is 0 Å². The number of β-amino-alcohol motifs (C(OH)–C–C–N with tert-alkyl or cyclic N) is 1. The second-order valence-corrected chi connectivity index (χ2v) is 10.4. The molecular weight excluding hydrogens is 551 g/mol. The maximum absolute atomic E-state index is 10.3. The molecule has 3 rings (SSSR count). The molecule has 0 aliphatic carbocycles. The minimum Gasteiger partial charge on any atom is -0.491 e. The van der Waals surface area contributed by atoms with E-state index in [2.05, 4.69) is 70.9 Å². The first-order valence-corrected chi connectivity index (χ1v) is 12.9. The minimum absolute atomic E-state index is 0.149. The predicted molar refractivity (Wildman–Crippen MR) is 141 cm³/mol. The highest BCUT2D eigenvalue weighted by atomic mass is 123. The first-order chi connectivity index (χ1) is 15.8. The molecule has 2 aromatic rings. The number of halogens is 2. The lowest BCUT2D eigenvalue weighted by Gasteiger charge is -2.29. The summed E-state index contributed by atoms with van der Waals surface area (Å²) < 4.78 is 12.5. The molecule has 182 valence electrons. The van der Waals surface area contributed by atoms with Crippen LogP contribution in [0.4, 0.5) is 0 Å². The topological polar surface area (TPSA) is 74.2 Å². The molecule has 0 spiro atoms. The molecule has 2 atom stereocenters. The number of hydrogen-bond acceptors (Lipinski definition) is 6. The van der Waals surface area contributed by atoms with Gasteiger partial charge in [0.2, 0.25) is 0 Å². The summed E-state index contributed by atoms with van der Waals surface area (Å²) in [5, 5.41) is 23.2. The van der Waals surface area contributed by atoms with E-state index in [1.165, 1.54) is 5.56 Å². The van der Waals surface area contributed by atoms with E-state index in [-0.39, 0.29) is 24.5 Å². The van der Waals surface area contributed by atoms with Gasteiger partial charge in [-0.25, -0.2) is 0 Å². The van der Waals surface area contributed by atoms with Crippen molar-refractivity contribution in [1.82, 2.24) is 10.2 Å². The fourth-order valence-corrected chi connectivity index (χ4v) is 4.57. The van der Waals surface area contributed by atoms with Crippen molar-refractivity contribution < 1.29 is 19.7 Å². The van der Waals surface area contributed by atoms with Crippen molar-refractivity contribution in [3.05, 3.63) is 57.2 Å². The maximum Gasteiger partial charge on any atom is 0.132 e. The molecule has 1 fully saturated rings. The van der Waals surface area contributed by atoms with Crippen LogP contribution in [0, 0.1) is 3.57 Å². The largest absolute Gasteiger partial charge is 0.491 e. The molecule has 1 aliphatic rings. The van der Waals surface area contributed by atoms with Crippen LogP contribution in [0.15, 0.2) is 42.5 Å². The van der Waals surface area contributed by atoms with Gasteiger partial charge in [-0.1, -0.05) is 32.0 Å². The van der Waals surface area contributed by atoms with Gasteiger partial charge in [-0.15, -0.1) is 11.6 Å². The van der Waals surface area contributed by atoms with Gasteiger partial charge in [0, 0.05) is 38.1 Å². The molecule has 6 nitrogen and oxygen atoms in total. The Hall–Kier alpha value is -1.10.